The molecule has 0 unspecified atom stereocenters. The van der Waals surface area contributed by atoms with Crippen LogP contribution in [0.4, 0.5) is 0 Å². The number of rotatable bonds is 0. The van der Waals surface area contributed by atoms with Gasteiger partial charge in [-0.2, -0.15) is 10.8 Å². The summed E-state index contributed by atoms with van der Waals surface area (Å²) in [6.45, 7) is 20.0. The Morgan fingerprint density at radius 2 is 0.643 bits per heavy atom. The van der Waals surface area contributed by atoms with Crippen molar-refractivity contribution in [1.29, 1.82) is 0 Å². The predicted octanol–water partition coefficient (Wildman–Crippen LogP) is 4.63. The van der Waals surface area contributed by atoms with Crippen LogP contribution in [-0.4, -0.2) is 0 Å². The maximum Gasteiger partial charge on any atom is 3.00 e. The largest absolute Gasteiger partial charge is 3.00 e. The third kappa shape index (κ3) is 1750. The first kappa shape index (κ1) is 36.3. The fourth-order valence-corrected chi connectivity index (χ4v) is 0. The Bertz CT molecular complexity index is 51.3. The third-order valence-electron chi connectivity index (χ3n) is 0. The molecule has 14 heavy (non-hydrogen) atoms. The van der Waals surface area contributed by atoms with Crippen molar-refractivity contribution in [2.24, 2.45) is 10.8 Å². The summed E-state index contributed by atoms with van der Waals surface area (Å²) in [5, 5.41) is 0. The van der Waals surface area contributed by atoms with Gasteiger partial charge in [0, 0.05) is 17.1 Å². The molecule has 0 aliphatic rings. The molecule has 0 aromatic rings. The molecule has 2 heteroatoms. The summed E-state index contributed by atoms with van der Waals surface area (Å²) in [5.41, 5.74) is 0.500. The van der Waals surface area contributed by atoms with E-state index in [-0.39, 0.29) is 59.8 Å². The topological polar surface area (TPSA) is 0 Å². The Kier molecular flexibility index (Phi) is 36.4. The quantitative estimate of drug-likeness (QED) is 0.449. The summed E-state index contributed by atoms with van der Waals surface area (Å²) < 4.78 is 0. The zero-order valence-corrected chi connectivity index (χ0v) is 13.5. The molecule has 0 atom stereocenters. The van der Waals surface area contributed by atoms with Crippen LogP contribution in [0.15, 0.2) is 0 Å². The van der Waals surface area contributed by atoms with E-state index < -0.39 is 0 Å². The molecule has 0 bridgehead atoms. The maximum absolute atomic E-state index is 3.77. The number of hydrogen-bond donors (Lipinski definition) is 0. The molecule has 0 rings (SSSR count). The summed E-state index contributed by atoms with van der Waals surface area (Å²) in [6.07, 6.45) is 0. The van der Waals surface area contributed by atoms with Crippen LogP contribution >= 0.6 is 0 Å². The average molecular weight is 282 g/mol. The molecule has 0 spiro atoms. The first-order valence-electron chi connectivity index (χ1n) is 3.71. The Labute approximate surface area is 115 Å². The minimum atomic E-state index is 0. The summed E-state index contributed by atoms with van der Waals surface area (Å²) >= 11 is 0. The smallest absolute Gasteiger partial charge is 0.358 e. The molecule has 0 aliphatic carbocycles. The van der Waals surface area contributed by atoms with Crippen LogP contribution in [0.3, 0.4) is 0 Å². The fourth-order valence-electron chi connectivity index (χ4n) is 0. The summed E-state index contributed by atoms with van der Waals surface area (Å²) in [6, 6.07) is 0. The molecule has 1 radical (unpaired) electrons. The van der Waals surface area contributed by atoms with Crippen molar-refractivity contribution >= 4 is 0 Å². The van der Waals surface area contributed by atoms with E-state index >= 15 is 0 Å². The van der Waals surface area contributed by atoms with Gasteiger partial charge in [-0.25, -0.2) is 0 Å². The standard InChI is InChI=1S/2C5H11.2CH3.2Mn/c2*1-5(2,3)4;;;;/h2*1H2,2-4H3;2*1H3;;/q4*-1;;+3. The van der Waals surface area contributed by atoms with Crippen molar-refractivity contribution in [3.8, 4) is 0 Å². The first-order valence-corrected chi connectivity index (χ1v) is 3.71. The molecule has 0 N–H and O–H groups in total. The molecule has 0 nitrogen and oxygen atoms in total. The van der Waals surface area contributed by atoms with Crippen molar-refractivity contribution in [1.82, 2.24) is 0 Å². The summed E-state index contributed by atoms with van der Waals surface area (Å²) in [5.74, 6) is 0. The van der Waals surface area contributed by atoms with Gasteiger partial charge in [0.25, 0.3) is 0 Å². The van der Waals surface area contributed by atoms with Crippen LogP contribution in [-0.2, 0) is 34.1 Å². The third-order valence-corrected chi connectivity index (χ3v) is 0. The minimum absolute atomic E-state index is 0. The molecule has 0 amide bonds. The van der Waals surface area contributed by atoms with Crippen molar-refractivity contribution in [2.75, 3.05) is 0 Å². The van der Waals surface area contributed by atoms with Crippen LogP contribution in [0.2, 0.25) is 0 Å². The second kappa shape index (κ2) is 14.0. The van der Waals surface area contributed by atoms with Crippen molar-refractivity contribution in [3.63, 3.8) is 0 Å². The molecule has 0 fully saturated rings. The monoisotopic (exact) mass is 282 g/mol. The fraction of sp³-hybridized carbons (Fsp3) is 0.667. The Hall–Kier alpha value is 1.04. The normalized spacial score (nSPS) is 8.57. The molecule has 0 heterocycles. The Balaban J connectivity index is -0.0000000178. The molecular weight excluding hydrogens is 254 g/mol. The van der Waals surface area contributed by atoms with E-state index in [1.807, 2.05) is 0 Å². The van der Waals surface area contributed by atoms with E-state index in [2.05, 4.69) is 55.4 Å². The van der Waals surface area contributed by atoms with Gasteiger partial charge in [0.2, 0.25) is 0 Å². The molecule has 0 aliphatic heterocycles. The maximum atomic E-state index is 3.77. The van der Waals surface area contributed by atoms with Gasteiger partial charge in [-0.3, -0.25) is 0 Å². The SMILES string of the molecule is [CH2-]C(C)(C)C.[CH2-]C(C)(C)C.[CH3-].[CH3-].[Mn+3].[Mn]. The van der Waals surface area contributed by atoms with Crippen molar-refractivity contribution < 1.29 is 34.1 Å². The Morgan fingerprint density at radius 3 is 0.643 bits per heavy atom. The van der Waals surface area contributed by atoms with Crippen LogP contribution in [0.1, 0.15) is 41.5 Å². The van der Waals surface area contributed by atoms with E-state index in [0.29, 0.717) is 0 Å². The van der Waals surface area contributed by atoms with E-state index in [1.54, 1.807) is 0 Å². The van der Waals surface area contributed by atoms with Gasteiger partial charge in [0.1, 0.15) is 0 Å². The summed E-state index contributed by atoms with van der Waals surface area (Å²) in [4.78, 5) is 0. The van der Waals surface area contributed by atoms with Gasteiger partial charge in [0.05, 0.1) is 0 Å². The second-order valence-electron chi connectivity index (χ2n) is 5.12. The van der Waals surface area contributed by atoms with Gasteiger partial charge < -0.3 is 28.7 Å². The molecule has 91 valence electrons. The number of hydrogen-bond acceptors (Lipinski definition) is 0. The molecule has 0 saturated carbocycles. The van der Waals surface area contributed by atoms with E-state index in [1.165, 1.54) is 0 Å². The average Bonchev–Trinajstić information content (AvgIpc) is 1.12. The van der Waals surface area contributed by atoms with Crippen LogP contribution in [0.25, 0.3) is 0 Å². The molecule has 0 saturated heterocycles. The van der Waals surface area contributed by atoms with Crippen molar-refractivity contribution in [2.45, 2.75) is 41.5 Å². The Morgan fingerprint density at radius 1 is 0.643 bits per heavy atom. The van der Waals surface area contributed by atoms with Gasteiger partial charge in [-0.05, 0) is 0 Å². The zero-order chi connectivity index (χ0) is 9.00. The molecule has 0 aromatic carbocycles. The van der Waals surface area contributed by atoms with Gasteiger partial charge in [0.15, 0.2) is 0 Å². The minimum Gasteiger partial charge on any atom is -0.358 e. The first-order chi connectivity index (χ1) is 4.00. The summed E-state index contributed by atoms with van der Waals surface area (Å²) in [7, 11) is 0. The molecule has 0 aromatic heterocycles. The van der Waals surface area contributed by atoms with Crippen LogP contribution in [0.5, 0.6) is 0 Å². The van der Waals surface area contributed by atoms with Gasteiger partial charge >= 0.3 is 17.1 Å². The second-order valence-corrected chi connectivity index (χ2v) is 5.12. The van der Waals surface area contributed by atoms with Crippen LogP contribution in [0, 0.1) is 39.5 Å². The van der Waals surface area contributed by atoms with E-state index in [4.69, 9.17) is 0 Å². The van der Waals surface area contributed by atoms with Gasteiger partial charge in [-0.1, -0.05) is 41.5 Å². The van der Waals surface area contributed by atoms with E-state index in [9.17, 15) is 0 Å². The van der Waals surface area contributed by atoms with Gasteiger partial charge in [-0.15, -0.1) is 0 Å². The van der Waals surface area contributed by atoms with Crippen molar-refractivity contribution in [3.05, 3.63) is 28.7 Å². The van der Waals surface area contributed by atoms with E-state index in [0.717, 1.165) is 0 Å². The van der Waals surface area contributed by atoms with Crippen LogP contribution < -0.4 is 0 Å². The predicted molar refractivity (Wildman–Crippen MR) is 62.5 cm³/mol. The molecular formula is C12H28Mn2-. The zero-order valence-electron chi connectivity index (χ0n) is 11.2.